The minimum Gasteiger partial charge on any atom is -0.379 e. The van der Waals surface area contributed by atoms with Crippen LogP contribution < -0.4 is 0 Å². The van der Waals surface area contributed by atoms with Crippen molar-refractivity contribution in [2.75, 3.05) is 26.3 Å². The highest BCUT2D eigenvalue weighted by Gasteiger charge is 2.20. The number of morpholine rings is 1. The molecule has 4 nitrogen and oxygen atoms in total. The maximum Gasteiger partial charge on any atom is 0.132 e. The van der Waals surface area contributed by atoms with Crippen molar-refractivity contribution in [1.29, 1.82) is 0 Å². The minimum absolute atomic E-state index is 0.259. The standard InChI is InChI=1S/C26H23ClFN3O/c27-24-7-3-1-5-22(24)19-9-11-21(12-10-19)31-26(23-6-2-4-8-25(23)28)20(17-29-31)18-30-13-15-32-16-14-30/h1-12,17H,13-16,18H2. The fourth-order valence-electron chi connectivity index (χ4n) is 4.11. The molecule has 4 aromatic rings. The molecule has 1 saturated heterocycles. The van der Waals surface area contributed by atoms with Gasteiger partial charge in [-0.25, -0.2) is 9.07 Å². The Bertz CT molecular complexity index is 1220. The summed E-state index contributed by atoms with van der Waals surface area (Å²) in [5.41, 5.74) is 5.18. The summed E-state index contributed by atoms with van der Waals surface area (Å²) in [5, 5.41) is 5.36. The predicted molar refractivity (Wildman–Crippen MR) is 126 cm³/mol. The molecule has 6 heteroatoms. The number of nitrogens with zero attached hydrogens (tertiary/aromatic N) is 3. The second-order valence-corrected chi connectivity index (χ2v) is 8.23. The molecule has 1 aromatic heterocycles. The van der Waals surface area contributed by atoms with E-state index < -0.39 is 0 Å². The van der Waals surface area contributed by atoms with E-state index in [0.29, 0.717) is 30.3 Å². The number of aromatic nitrogens is 2. The summed E-state index contributed by atoms with van der Waals surface area (Å²) >= 11 is 6.36. The second-order valence-electron chi connectivity index (χ2n) is 7.83. The van der Waals surface area contributed by atoms with Gasteiger partial charge in [0.25, 0.3) is 0 Å². The Hall–Kier alpha value is -2.99. The number of halogens is 2. The Morgan fingerprint density at radius 1 is 0.875 bits per heavy atom. The van der Waals surface area contributed by atoms with Gasteiger partial charge in [0.15, 0.2) is 0 Å². The summed E-state index contributed by atoms with van der Waals surface area (Å²) in [4.78, 5) is 2.32. The lowest BCUT2D eigenvalue weighted by Gasteiger charge is -2.26. The first-order valence-electron chi connectivity index (χ1n) is 10.7. The fraction of sp³-hybridized carbons (Fsp3) is 0.192. The van der Waals surface area contributed by atoms with Crippen LogP contribution in [0.25, 0.3) is 28.1 Å². The molecule has 3 aromatic carbocycles. The molecule has 32 heavy (non-hydrogen) atoms. The maximum atomic E-state index is 14.8. The van der Waals surface area contributed by atoms with Gasteiger partial charge >= 0.3 is 0 Å². The topological polar surface area (TPSA) is 30.3 Å². The zero-order chi connectivity index (χ0) is 21.9. The van der Waals surface area contributed by atoms with E-state index in [1.54, 1.807) is 6.07 Å². The van der Waals surface area contributed by atoms with Gasteiger partial charge in [-0.1, -0.05) is 54.1 Å². The lowest BCUT2D eigenvalue weighted by atomic mass is 10.0. The maximum absolute atomic E-state index is 14.8. The van der Waals surface area contributed by atoms with Crippen LogP contribution in [0.2, 0.25) is 5.02 Å². The fourth-order valence-corrected chi connectivity index (χ4v) is 4.36. The van der Waals surface area contributed by atoms with Gasteiger partial charge in [-0.3, -0.25) is 4.90 Å². The molecule has 2 heterocycles. The highest BCUT2D eigenvalue weighted by Crippen LogP contribution is 2.32. The summed E-state index contributed by atoms with van der Waals surface area (Å²) in [6, 6.07) is 22.7. The van der Waals surface area contributed by atoms with Gasteiger partial charge < -0.3 is 4.74 Å². The van der Waals surface area contributed by atoms with Crippen molar-refractivity contribution >= 4 is 11.6 Å². The van der Waals surface area contributed by atoms with E-state index in [2.05, 4.69) is 10.00 Å². The van der Waals surface area contributed by atoms with Crippen LogP contribution in [0.5, 0.6) is 0 Å². The molecule has 1 aliphatic rings. The molecule has 1 aliphatic heterocycles. The molecule has 0 atom stereocenters. The Morgan fingerprint density at radius 3 is 2.28 bits per heavy atom. The molecular formula is C26H23ClFN3O. The first kappa shape index (κ1) is 20.9. The smallest absolute Gasteiger partial charge is 0.132 e. The van der Waals surface area contributed by atoms with Crippen molar-refractivity contribution in [3.63, 3.8) is 0 Å². The van der Waals surface area contributed by atoms with Crippen LogP contribution in [0.3, 0.4) is 0 Å². The van der Waals surface area contributed by atoms with Crippen LogP contribution in [0.1, 0.15) is 5.56 Å². The molecule has 0 bridgehead atoms. The molecule has 0 radical (unpaired) electrons. The number of ether oxygens (including phenoxy) is 1. The van der Waals surface area contributed by atoms with Gasteiger partial charge in [-0.2, -0.15) is 5.10 Å². The molecule has 1 fully saturated rings. The van der Waals surface area contributed by atoms with E-state index in [1.807, 2.05) is 71.5 Å². The van der Waals surface area contributed by atoms with Crippen LogP contribution in [0, 0.1) is 5.82 Å². The summed E-state index contributed by atoms with van der Waals surface area (Å²) < 4.78 is 22.1. The molecule has 0 N–H and O–H groups in total. The van der Waals surface area contributed by atoms with Crippen LogP contribution in [-0.2, 0) is 11.3 Å². The van der Waals surface area contributed by atoms with E-state index in [4.69, 9.17) is 16.3 Å². The first-order valence-corrected chi connectivity index (χ1v) is 11.1. The summed E-state index contributed by atoms with van der Waals surface area (Å²) in [6.07, 6.45) is 1.85. The summed E-state index contributed by atoms with van der Waals surface area (Å²) in [7, 11) is 0. The van der Waals surface area contributed by atoms with Gasteiger partial charge in [0.05, 0.1) is 30.8 Å². The zero-order valence-corrected chi connectivity index (χ0v) is 18.3. The summed E-state index contributed by atoms with van der Waals surface area (Å²) in [5.74, 6) is -0.259. The predicted octanol–water partition coefficient (Wildman–Crippen LogP) is 5.83. The Labute approximate surface area is 191 Å². The van der Waals surface area contributed by atoms with E-state index in [0.717, 1.165) is 41.2 Å². The third-order valence-corrected chi connectivity index (χ3v) is 6.10. The zero-order valence-electron chi connectivity index (χ0n) is 17.5. The first-order chi connectivity index (χ1) is 15.7. The average molecular weight is 448 g/mol. The molecule has 0 amide bonds. The third-order valence-electron chi connectivity index (χ3n) is 5.77. The molecule has 0 spiro atoms. The van der Waals surface area contributed by atoms with E-state index in [-0.39, 0.29) is 5.82 Å². The van der Waals surface area contributed by atoms with Crippen molar-refractivity contribution < 1.29 is 9.13 Å². The van der Waals surface area contributed by atoms with Crippen molar-refractivity contribution in [1.82, 2.24) is 14.7 Å². The van der Waals surface area contributed by atoms with Crippen LogP contribution in [0.4, 0.5) is 4.39 Å². The monoisotopic (exact) mass is 447 g/mol. The van der Waals surface area contributed by atoms with Gasteiger partial charge in [-0.05, 0) is 35.9 Å². The molecule has 0 unspecified atom stereocenters. The SMILES string of the molecule is Fc1ccccc1-c1c(CN2CCOCC2)cnn1-c1ccc(-c2ccccc2Cl)cc1. The van der Waals surface area contributed by atoms with E-state index in [1.165, 1.54) is 6.07 Å². The molecular weight excluding hydrogens is 425 g/mol. The molecule has 162 valence electrons. The number of rotatable bonds is 5. The lowest BCUT2D eigenvalue weighted by Crippen LogP contribution is -2.35. The Balaban J connectivity index is 1.55. The largest absolute Gasteiger partial charge is 0.379 e. The van der Waals surface area contributed by atoms with Gasteiger partial charge in [-0.15, -0.1) is 0 Å². The minimum atomic E-state index is -0.259. The highest BCUT2D eigenvalue weighted by atomic mass is 35.5. The Morgan fingerprint density at radius 2 is 1.56 bits per heavy atom. The number of benzene rings is 3. The van der Waals surface area contributed by atoms with Crippen molar-refractivity contribution in [3.05, 3.63) is 95.4 Å². The van der Waals surface area contributed by atoms with Crippen molar-refractivity contribution in [2.45, 2.75) is 6.54 Å². The van der Waals surface area contributed by atoms with E-state index in [9.17, 15) is 4.39 Å². The molecule has 0 aliphatic carbocycles. The van der Waals surface area contributed by atoms with E-state index >= 15 is 0 Å². The van der Waals surface area contributed by atoms with Crippen LogP contribution in [-0.4, -0.2) is 41.0 Å². The molecule has 5 rings (SSSR count). The van der Waals surface area contributed by atoms with Crippen LogP contribution in [0.15, 0.2) is 79.0 Å². The molecule has 0 saturated carbocycles. The summed E-state index contributed by atoms with van der Waals surface area (Å²) in [6.45, 7) is 3.84. The Kier molecular flexibility index (Phi) is 6.04. The van der Waals surface area contributed by atoms with Gasteiger partial charge in [0.2, 0.25) is 0 Å². The number of hydrogen-bond acceptors (Lipinski definition) is 3. The average Bonchev–Trinajstić information content (AvgIpc) is 3.24. The lowest BCUT2D eigenvalue weighted by molar-refractivity contribution is 0.0342. The normalized spacial score (nSPS) is 14.6. The quantitative estimate of drug-likeness (QED) is 0.385. The van der Waals surface area contributed by atoms with Crippen LogP contribution >= 0.6 is 11.6 Å². The van der Waals surface area contributed by atoms with Gasteiger partial charge in [0, 0.05) is 41.3 Å². The van der Waals surface area contributed by atoms with Gasteiger partial charge in [0.1, 0.15) is 5.82 Å². The van der Waals surface area contributed by atoms with Crippen molar-refractivity contribution in [3.8, 4) is 28.1 Å². The second kappa shape index (κ2) is 9.25. The number of hydrogen-bond donors (Lipinski definition) is 0. The highest BCUT2D eigenvalue weighted by molar-refractivity contribution is 6.33. The third kappa shape index (κ3) is 4.19. The van der Waals surface area contributed by atoms with Crippen molar-refractivity contribution in [2.24, 2.45) is 0 Å².